The quantitative estimate of drug-likeness (QED) is 0.775. The maximum Gasteiger partial charge on any atom is 0.304 e. The zero-order chi connectivity index (χ0) is 17.7. The van der Waals surface area contributed by atoms with E-state index in [4.69, 9.17) is 0 Å². The van der Waals surface area contributed by atoms with Crippen LogP contribution < -0.4 is 5.32 Å². The molecule has 0 saturated heterocycles. The van der Waals surface area contributed by atoms with Crippen LogP contribution in [0.4, 0.5) is 5.69 Å². The van der Waals surface area contributed by atoms with Gasteiger partial charge in [0.15, 0.2) is 5.78 Å². The fourth-order valence-corrected chi connectivity index (χ4v) is 3.53. The van der Waals surface area contributed by atoms with E-state index in [0.717, 1.165) is 32.1 Å². The van der Waals surface area contributed by atoms with Crippen LogP contribution in [-0.2, 0) is 9.59 Å². The number of hydrogen-bond donors (Lipinski definition) is 2. The van der Waals surface area contributed by atoms with Crippen LogP contribution in [0.25, 0.3) is 0 Å². The van der Waals surface area contributed by atoms with E-state index in [1.54, 1.807) is 31.2 Å². The van der Waals surface area contributed by atoms with Gasteiger partial charge in [0, 0.05) is 11.3 Å². The molecule has 0 aromatic heterocycles. The van der Waals surface area contributed by atoms with E-state index in [1.165, 1.54) is 6.92 Å². The molecule has 1 aromatic carbocycles. The fraction of sp³-hybridized carbons (Fsp3) is 0.526. The minimum atomic E-state index is -0.954. The summed E-state index contributed by atoms with van der Waals surface area (Å²) in [5.74, 6) is -1.16. The van der Waals surface area contributed by atoms with Crippen LogP contribution in [0.1, 0.15) is 62.7 Å². The Morgan fingerprint density at radius 2 is 1.71 bits per heavy atom. The number of rotatable bonds is 6. The molecular formula is C19H25NO4. The number of nitrogens with one attached hydrogen (secondary N) is 1. The van der Waals surface area contributed by atoms with Crippen molar-refractivity contribution in [3.05, 3.63) is 29.8 Å². The molecule has 1 aliphatic rings. The van der Waals surface area contributed by atoms with Gasteiger partial charge in [0.1, 0.15) is 0 Å². The highest BCUT2D eigenvalue weighted by Gasteiger charge is 2.43. The summed E-state index contributed by atoms with van der Waals surface area (Å²) in [5, 5.41) is 12.1. The largest absolute Gasteiger partial charge is 0.481 e. The lowest BCUT2D eigenvalue weighted by molar-refractivity contribution is -0.145. The number of aliphatic carboxylic acids is 1. The number of hydrogen-bond acceptors (Lipinski definition) is 3. The molecule has 1 aliphatic carbocycles. The third-order valence-electron chi connectivity index (χ3n) is 5.09. The molecule has 0 spiro atoms. The van der Waals surface area contributed by atoms with Gasteiger partial charge in [-0.15, -0.1) is 0 Å². The van der Waals surface area contributed by atoms with Gasteiger partial charge in [-0.3, -0.25) is 14.4 Å². The SMILES string of the molecule is CC(=O)c1ccc(NC(=O)C(C)(CC(=O)O)C2CCCCC2)cc1. The number of carbonyl (C=O) groups excluding carboxylic acids is 2. The number of carbonyl (C=O) groups is 3. The van der Waals surface area contributed by atoms with Gasteiger partial charge < -0.3 is 10.4 Å². The van der Waals surface area contributed by atoms with E-state index in [9.17, 15) is 19.5 Å². The van der Waals surface area contributed by atoms with Gasteiger partial charge in [0.25, 0.3) is 0 Å². The predicted molar refractivity (Wildman–Crippen MR) is 92.0 cm³/mol. The van der Waals surface area contributed by atoms with Crippen molar-refractivity contribution in [3.8, 4) is 0 Å². The second-order valence-corrected chi connectivity index (χ2v) is 6.91. The Bertz CT molecular complexity index is 617. The van der Waals surface area contributed by atoms with Crippen LogP contribution >= 0.6 is 0 Å². The fourth-order valence-electron chi connectivity index (χ4n) is 3.53. The molecule has 5 heteroatoms. The molecule has 2 rings (SSSR count). The molecule has 0 aliphatic heterocycles. The maximum atomic E-state index is 12.8. The third-order valence-corrected chi connectivity index (χ3v) is 5.09. The van der Waals surface area contributed by atoms with Gasteiger partial charge >= 0.3 is 5.97 Å². The Hall–Kier alpha value is -2.17. The van der Waals surface area contributed by atoms with Crippen molar-refractivity contribution in [2.45, 2.75) is 52.4 Å². The average Bonchev–Trinajstić information content (AvgIpc) is 2.55. The van der Waals surface area contributed by atoms with Crippen LogP contribution in [0.5, 0.6) is 0 Å². The number of Topliss-reactive ketones (excluding diaryl/α,β-unsaturated/α-hetero) is 1. The zero-order valence-electron chi connectivity index (χ0n) is 14.3. The van der Waals surface area contributed by atoms with Crippen LogP contribution in [0.3, 0.4) is 0 Å². The molecule has 0 heterocycles. The zero-order valence-corrected chi connectivity index (χ0v) is 14.3. The van der Waals surface area contributed by atoms with Crippen molar-refractivity contribution in [1.29, 1.82) is 0 Å². The standard InChI is InChI=1S/C19H25NO4/c1-13(21)14-8-10-16(11-9-14)20-18(24)19(2,12-17(22)23)15-6-4-3-5-7-15/h8-11,15H,3-7,12H2,1-2H3,(H,20,24)(H,22,23). The van der Waals surface area contributed by atoms with Crippen LogP contribution in [0, 0.1) is 11.3 Å². The maximum absolute atomic E-state index is 12.8. The van der Waals surface area contributed by atoms with Crippen molar-refractivity contribution in [1.82, 2.24) is 0 Å². The first-order valence-electron chi connectivity index (χ1n) is 8.47. The summed E-state index contributed by atoms with van der Waals surface area (Å²) in [6.07, 6.45) is 4.84. The molecule has 1 fully saturated rings. The normalized spacial score (nSPS) is 17.8. The molecule has 1 saturated carbocycles. The summed E-state index contributed by atoms with van der Waals surface area (Å²) in [6, 6.07) is 6.67. The van der Waals surface area contributed by atoms with Gasteiger partial charge in [-0.05, 0) is 56.9 Å². The molecule has 1 amide bonds. The van der Waals surface area contributed by atoms with Gasteiger partial charge in [0.05, 0.1) is 11.8 Å². The van der Waals surface area contributed by atoms with Crippen molar-refractivity contribution in [2.24, 2.45) is 11.3 Å². The van der Waals surface area contributed by atoms with E-state index in [0.29, 0.717) is 11.3 Å². The Morgan fingerprint density at radius 1 is 1.12 bits per heavy atom. The van der Waals surface area contributed by atoms with Crippen molar-refractivity contribution in [3.63, 3.8) is 0 Å². The number of benzene rings is 1. The Balaban J connectivity index is 2.17. The lowest BCUT2D eigenvalue weighted by Crippen LogP contribution is -2.42. The Kier molecular flexibility index (Phi) is 5.75. The number of carboxylic acid groups (broad SMARTS) is 1. The van der Waals surface area contributed by atoms with E-state index in [1.807, 2.05) is 0 Å². The summed E-state index contributed by atoms with van der Waals surface area (Å²) >= 11 is 0. The second kappa shape index (κ2) is 7.60. The second-order valence-electron chi connectivity index (χ2n) is 6.91. The van der Waals surface area contributed by atoms with Crippen LogP contribution in [-0.4, -0.2) is 22.8 Å². The van der Waals surface area contributed by atoms with Crippen LogP contribution in [0.15, 0.2) is 24.3 Å². The van der Waals surface area contributed by atoms with Crippen molar-refractivity contribution < 1.29 is 19.5 Å². The summed E-state index contributed by atoms with van der Waals surface area (Å²) in [5.41, 5.74) is 0.233. The highest BCUT2D eigenvalue weighted by molar-refractivity contribution is 5.98. The lowest BCUT2D eigenvalue weighted by atomic mass is 9.67. The summed E-state index contributed by atoms with van der Waals surface area (Å²) in [6.45, 7) is 3.25. The van der Waals surface area contributed by atoms with E-state index in [-0.39, 0.29) is 24.0 Å². The van der Waals surface area contributed by atoms with E-state index < -0.39 is 11.4 Å². The molecule has 24 heavy (non-hydrogen) atoms. The van der Waals surface area contributed by atoms with E-state index >= 15 is 0 Å². The summed E-state index contributed by atoms with van der Waals surface area (Å²) in [7, 11) is 0. The van der Waals surface area contributed by atoms with Gasteiger partial charge in [-0.2, -0.15) is 0 Å². The molecule has 1 atom stereocenters. The predicted octanol–water partition coefficient (Wildman–Crippen LogP) is 3.89. The first-order valence-corrected chi connectivity index (χ1v) is 8.47. The molecule has 0 bridgehead atoms. The van der Waals surface area contributed by atoms with Gasteiger partial charge in [-0.25, -0.2) is 0 Å². The number of ketones is 1. The first kappa shape index (κ1) is 18.2. The molecule has 130 valence electrons. The van der Waals surface area contributed by atoms with Crippen LogP contribution in [0.2, 0.25) is 0 Å². The Labute approximate surface area is 142 Å². The highest BCUT2D eigenvalue weighted by Crippen LogP contribution is 2.42. The van der Waals surface area contributed by atoms with Crippen molar-refractivity contribution >= 4 is 23.3 Å². The summed E-state index contributed by atoms with van der Waals surface area (Å²) in [4.78, 5) is 35.5. The molecule has 0 radical (unpaired) electrons. The molecular weight excluding hydrogens is 306 g/mol. The lowest BCUT2D eigenvalue weighted by Gasteiger charge is -2.37. The van der Waals surface area contributed by atoms with Gasteiger partial charge in [-0.1, -0.05) is 19.3 Å². The first-order chi connectivity index (χ1) is 11.3. The Morgan fingerprint density at radius 3 is 2.21 bits per heavy atom. The molecule has 2 N–H and O–H groups in total. The topological polar surface area (TPSA) is 83.5 Å². The minimum Gasteiger partial charge on any atom is -0.481 e. The smallest absolute Gasteiger partial charge is 0.304 e. The average molecular weight is 331 g/mol. The van der Waals surface area contributed by atoms with E-state index in [2.05, 4.69) is 5.32 Å². The highest BCUT2D eigenvalue weighted by atomic mass is 16.4. The molecule has 5 nitrogen and oxygen atoms in total. The number of amides is 1. The molecule has 1 unspecified atom stereocenters. The number of anilines is 1. The summed E-state index contributed by atoms with van der Waals surface area (Å²) < 4.78 is 0. The van der Waals surface area contributed by atoms with Crippen molar-refractivity contribution in [2.75, 3.05) is 5.32 Å². The monoisotopic (exact) mass is 331 g/mol. The molecule has 1 aromatic rings. The number of carboxylic acids is 1. The third kappa shape index (κ3) is 4.22. The minimum absolute atomic E-state index is 0.0363. The van der Waals surface area contributed by atoms with Gasteiger partial charge in [0.2, 0.25) is 5.91 Å².